The van der Waals surface area contributed by atoms with Gasteiger partial charge in [0.2, 0.25) is 11.8 Å². The van der Waals surface area contributed by atoms with Crippen LogP contribution in [0, 0.1) is 5.41 Å². The highest BCUT2D eigenvalue weighted by molar-refractivity contribution is 5.80. The van der Waals surface area contributed by atoms with Gasteiger partial charge in [-0.05, 0) is 46.0 Å². The Morgan fingerprint density at radius 3 is 1.58 bits per heavy atom. The average Bonchev–Trinajstić information content (AvgIpc) is 2.62. The van der Waals surface area contributed by atoms with Crippen LogP contribution in [0.1, 0.15) is 66.2 Å². The molecule has 1 aliphatic rings. The van der Waals surface area contributed by atoms with E-state index in [2.05, 4.69) is 10.6 Å². The summed E-state index contributed by atoms with van der Waals surface area (Å²) in [4.78, 5) is 24.0. The lowest BCUT2D eigenvalue weighted by molar-refractivity contribution is -0.127. The van der Waals surface area contributed by atoms with Crippen molar-refractivity contribution in [3.8, 4) is 0 Å². The number of amides is 2. The Morgan fingerprint density at radius 1 is 0.895 bits per heavy atom. The van der Waals surface area contributed by atoms with Crippen LogP contribution in [0.4, 0.5) is 0 Å². The highest BCUT2D eigenvalue weighted by Crippen LogP contribution is 2.44. The van der Waals surface area contributed by atoms with Crippen molar-refractivity contribution in [2.24, 2.45) is 5.41 Å². The highest BCUT2D eigenvalue weighted by atomic mass is 16.2. The van der Waals surface area contributed by atoms with Crippen molar-refractivity contribution >= 4 is 11.8 Å². The molecular formula is C15H28N2O2. The molecule has 4 heteroatoms. The summed E-state index contributed by atoms with van der Waals surface area (Å²) in [6.07, 6.45) is 5.20. The molecule has 0 aliphatic heterocycles. The molecule has 0 bridgehead atoms. The smallest absolute Gasteiger partial charge is 0.220 e. The standard InChI is InChI=1S/C15H28N2O2/c1-11(2)16-13(18)9-15(7-5-6-8-15)10-14(19)17-12(3)4/h11-12H,5-10H2,1-4H3,(H,16,18)(H,17,19). The lowest BCUT2D eigenvalue weighted by Gasteiger charge is -2.28. The average molecular weight is 268 g/mol. The molecule has 4 nitrogen and oxygen atoms in total. The summed E-state index contributed by atoms with van der Waals surface area (Å²) in [5, 5.41) is 5.88. The fraction of sp³-hybridized carbons (Fsp3) is 0.867. The molecular weight excluding hydrogens is 240 g/mol. The maximum absolute atomic E-state index is 12.0. The van der Waals surface area contributed by atoms with E-state index in [1.807, 2.05) is 27.7 Å². The number of carbonyl (C=O) groups is 2. The van der Waals surface area contributed by atoms with Gasteiger partial charge in [-0.15, -0.1) is 0 Å². The van der Waals surface area contributed by atoms with Gasteiger partial charge in [0.15, 0.2) is 0 Å². The fourth-order valence-electron chi connectivity index (χ4n) is 2.97. The zero-order chi connectivity index (χ0) is 14.5. The molecule has 0 radical (unpaired) electrons. The molecule has 0 spiro atoms. The van der Waals surface area contributed by atoms with Gasteiger partial charge in [0, 0.05) is 24.9 Å². The minimum atomic E-state index is -0.113. The van der Waals surface area contributed by atoms with E-state index in [0.29, 0.717) is 12.8 Å². The normalized spacial score (nSPS) is 17.8. The minimum Gasteiger partial charge on any atom is -0.354 e. The Hall–Kier alpha value is -1.06. The van der Waals surface area contributed by atoms with Gasteiger partial charge in [0.1, 0.15) is 0 Å². The lowest BCUT2D eigenvalue weighted by Crippen LogP contribution is -2.38. The maximum atomic E-state index is 12.0. The molecule has 1 saturated carbocycles. The van der Waals surface area contributed by atoms with Crippen LogP contribution in [-0.2, 0) is 9.59 Å². The first kappa shape index (κ1) is 16.0. The van der Waals surface area contributed by atoms with Gasteiger partial charge in [-0.1, -0.05) is 12.8 Å². The summed E-state index contributed by atoms with van der Waals surface area (Å²) in [6, 6.07) is 0.325. The van der Waals surface area contributed by atoms with Crippen molar-refractivity contribution < 1.29 is 9.59 Å². The molecule has 2 N–H and O–H groups in total. The van der Waals surface area contributed by atoms with Crippen LogP contribution in [0.25, 0.3) is 0 Å². The molecule has 0 aromatic heterocycles. The lowest BCUT2D eigenvalue weighted by atomic mass is 9.79. The van der Waals surface area contributed by atoms with E-state index in [4.69, 9.17) is 0 Å². The molecule has 1 fully saturated rings. The predicted molar refractivity (Wildman–Crippen MR) is 76.7 cm³/mol. The third-order valence-corrected chi connectivity index (χ3v) is 3.63. The van der Waals surface area contributed by atoms with Gasteiger partial charge in [0.05, 0.1) is 0 Å². The second-order valence-corrected chi connectivity index (χ2v) is 6.51. The number of nitrogens with one attached hydrogen (secondary N) is 2. The second-order valence-electron chi connectivity index (χ2n) is 6.51. The molecule has 2 amide bonds. The quantitative estimate of drug-likeness (QED) is 0.777. The monoisotopic (exact) mass is 268 g/mol. The first-order valence-corrected chi connectivity index (χ1v) is 7.42. The van der Waals surface area contributed by atoms with Crippen molar-refractivity contribution in [3.63, 3.8) is 0 Å². The summed E-state index contributed by atoms with van der Waals surface area (Å²) < 4.78 is 0. The van der Waals surface area contributed by atoms with Crippen LogP contribution in [0.15, 0.2) is 0 Å². The van der Waals surface area contributed by atoms with Crippen LogP contribution >= 0.6 is 0 Å². The summed E-state index contributed by atoms with van der Waals surface area (Å²) in [7, 11) is 0. The zero-order valence-corrected chi connectivity index (χ0v) is 12.7. The molecule has 0 aromatic carbocycles. The third kappa shape index (κ3) is 5.62. The largest absolute Gasteiger partial charge is 0.354 e. The summed E-state index contributed by atoms with van der Waals surface area (Å²) in [5.41, 5.74) is -0.113. The minimum absolute atomic E-state index is 0.0780. The van der Waals surface area contributed by atoms with Gasteiger partial charge >= 0.3 is 0 Å². The maximum Gasteiger partial charge on any atom is 0.220 e. The van der Waals surface area contributed by atoms with Crippen molar-refractivity contribution in [1.82, 2.24) is 10.6 Å². The molecule has 0 unspecified atom stereocenters. The first-order valence-electron chi connectivity index (χ1n) is 7.42. The first-order chi connectivity index (χ1) is 8.83. The number of carbonyl (C=O) groups excluding carboxylic acids is 2. The zero-order valence-electron chi connectivity index (χ0n) is 12.7. The molecule has 19 heavy (non-hydrogen) atoms. The molecule has 0 heterocycles. The number of hydrogen-bond acceptors (Lipinski definition) is 2. The number of hydrogen-bond donors (Lipinski definition) is 2. The molecule has 1 rings (SSSR count). The van der Waals surface area contributed by atoms with E-state index in [1.54, 1.807) is 0 Å². The van der Waals surface area contributed by atoms with E-state index >= 15 is 0 Å². The summed E-state index contributed by atoms with van der Waals surface area (Å²) in [6.45, 7) is 7.85. The Morgan fingerprint density at radius 2 is 1.26 bits per heavy atom. The van der Waals surface area contributed by atoms with Crippen LogP contribution < -0.4 is 10.6 Å². The van der Waals surface area contributed by atoms with Gasteiger partial charge in [-0.25, -0.2) is 0 Å². The van der Waals surface area contributed by atoms with Crippen molar-refractivity contribution in [3.05, 3.63) is 0 Å². The van der Waals surface area contributed by atoms with Crippen molar-refractivity contribution in [2.75, 3.05) is 0 Å². The SMILES string of the molecule is CC(C)NC(=O)CC1(CC(=O)NC(C)C)CCCC1. The number of rotatable bonds is 6. The van der Waals surface area contributed by atoms with Crippen LogP contribution in [0.2, 0.25) is 0 Å². The molecule has 1 aliphatic carbocycles. The summed E-state index contributed by atoms with van der Waals surface area (Å²) >= 11 is 0. The Balaban J connectivity index is 2.59. The topological polar surface area (TPSA) is 58.2 Å². The van der Waals surface area contributed by atoms with E-state index in [0.717, 1.165) is 25.7 Å². The van der Waals surface area contributed by atoms with Gasteiger partial charge in [-0.2, -0.15) is 0 Å². The molecule has 0 saturated heterocycles. The Labute approximate surface area is 116 Å². The van der Waals surface area contributed by atoms with Crippen LogP contribution in [0.5, 0.6) is 0 Å². The Bertz CT molecular complexity index is 292. The van der Waals surface area contributed by atoms with E-state index in [9.17, 15) is 9.59 Å². The predicted octanol–water partition coefficient (Wildman–Crippen LogP) is 2.38. The van der Waals surface area contributed by atoms with E-state index < -0.39 is 0 Å². The van der Waals surface area contributed by atoms with Crippen LogP contribution in [0.3, 0.4) is 0 Å². The molecule has 0 aromatic rings. The Kier molecular flexibility index (Phi) is 5.83. The highest BCUT2D eigenvalue weighted by Gasteiger charge is 2.38. The summed E-state index contributed by atoms with van der Waals surface area (Å²) in [5.74, 6) is 0.156. The van der Waals surface area contributed by atoms with Gasteiger partial charge in [-0.3, -0.25) is 9.59 Å². The third-order valence-electron chi connectivity index (χ3n) is 3.63. The van der Waals surface area contributed by atoms with Gasteiger partial charge in [0.25, 0.3) is 0 Å². The van der Waals surface area contributed by atoms with E-state index in [1.165, 1.54) is 0 Å². The second kappa shape index (κ2) is 6.92. The molecule has 0 atom stereocenters. The van der Waals surface area contributed by atoms with Crippen molar-refractivity contribution in [1.29, 1.82) is 0 Å². The van der Waals surface area contributed by atoms with Crippen molar-refractivity contribution in [2.45, 2.75) is 78.3 Å². The fourth-order valence-corrected chi connectivity index (χ4v) is 2.97. The molecule has 110 valence electrons. The van der Waals surface area contributed by atoms with Gasteiger partial charge < -0.3 is 10.6 Å². The van der Waals surface area contributed by atoms with Crippen LogP contribution in [-0.4, -0.2) is 23.9 Å². The van der Waals surface area contributed by atoms with E-state index in [-0.39, 0.29) is 29.3 Å².